The average molecular weight is 167 g/mol. The van der Waals surface area contributed by atoms with E-state index in [1.165, 1.54) is 19.4 Å². The Labute approximate surface area is 69.5 Å². The molecular weight excluding hydrogens is 158 g/mol. The first kappa shape index (κ1) is 8.61. The third kappa shape index (κ3) is 1.57. The highest BCUT2D eigenvalue weighted by atomic mass is 16.3. The van der Waals surface area contributed by atoms with Crippen molar-refractivity contribution in [2.24, 2.45) is 0 Å². The molecule has 1 heterocycles. The summed E-state index contributed by atoms with van der Waals surface area (Å²) in [5.74, 6) is -0.341. The van der Waals surface area contributed by atoms with E-state index in [0.29, 0.717) is 0 Å². The van der Waals surface area contributed by atoms with Gasteiger partial charge in [0.05, 0.1) is 12.3 Å². The molecule has 0 atom stereocenters. The Balaban J connectivity index is 3.04. The topological polar surface area (TPSA) is 75.1 Å². The third-order valence-corrected chi connectivity index (χ3v) is 1.37. The van der Waals surface area contributed by atoms with Crippen LogP contribution in [0.15, 0.2) is 12.4 Å². The number of hydrogen-bond acceptors (Lipinski definition) is 4. The van der Waals surface area contributed by atoms with Crippen LogP contribution in [-0.2, 0) is 6.61 Å². The Hall–Kier alpha value is -1.49. The van der Waals surface area contributed by atoms with Crippen LogP contribution in [-0.4, -0.2) is 28.0 Å². The Morgan fingerprint density at radius 3 is 2.83 bits per heavy atom. The van der Waals surface area contributed by atoms with Gasteiger partial charge < -0.3 is 10.4 Å². The molecule has 1 aromatic rings. The van der Waals surface area contributed by atoms with Gasteiger partial charge in [-0.25, -0.2) is 4.98 Å². The minimum Gasteiger partial charge on any atom is -0.390 e. The van der Waals surface area contributed by atoms with E-state index in [4.69, 9.17) is 5.11 Å². The molecule has 0 spiro atoms. The normalized spacial score (nSPS) is 9.50. The molecule has 0 unspecified atom stereocenters. The highest BCUT2D eigenvalue weighted by Gasteiger charge is 2.10. The molecular formula is C7H9N3O2. The molecule has 0 aliphatic heterocycles. The molecule has 0 bridgehead atoms. The molecule has 1 rings (SSSR count). The Morgan fingerprint density at radius 1 is 1.58 bits per heavy atom. The van der Waals surface area contributed by atoms with Gasteiger partial charge in [0, 0.05) is 19.4 Å². The first-order valence-corrected chi connectivity index (χ1v) is 3.42. The van der Waals surface area contributed by atoms with Crippen LogP contribution in [0.4, 0.5) is 0 Å². The van der Waals surface area contributed by atoms with E-state index in [-0.39, 0.29) is 23.9 Å². The second-order valence-corrected chi connectivity index (χ2v) is 2.09. The summed E-state index contributed by atoms with van der Waals surface area (Å²) in [6.07, 6.45) is 2.84. The van der Waals surface area contributed by atoms with E-state index in [1.54, 1.807) is 0 Å². The van der Waals surface area contributed by atoms with Gasteiger partial charge in [0.25, 0.3) is 5.91 Å². The van der Waals surface area contributed by atoms with Gasteiger partial charge in [0.1, 0.15) is 0 Å². The van der Waals surface area contributed by atoms with Gasteiger partial charge in [-0.1, -0.05) is 0 Å². The number of amides is 1. The molecule has 5 heteroatoms. The van der Waals surface area contributed by atoms with E-state index in [2.05, 4.69) is 15.3 Å². The lowest BCUT2D eigenvalue weighted by Gasteiger charge is -2.01. The highest BCUT2D eigenvalue weighted by molar-refractivity contribution is 5.92. The van der Waals surface area contributed by atoms with Crippen LogP contribution in [0.25, 0.3) is 0 Å². The second-order valence-electron chi connectivity index (χ2n) is 2.09. The number of aliphatic hydroxyl groups is 1. The smallest absolute Gasteiger partial charge is 0.271 e. The summed E-state index contributed by atoms with van der Waals surface area (Å²) < 4.78 is 0. The molecule has 1 aromatic heterocycles. The monoisotopic (exact) mass is 167 g/mol. The largest absolute Gasteiger partial charge is 0.390 e. The van der Waals surface area contributed by atoms with Crippen LogP contribution >= 0.6 is 0 Å². The summed E-state index contributed by atoms with van der Waals surface area (Å²) in [7, 11) is 1.50. The summed E-state index contributed by atoms with van der Waals surface area (Å²) in [4.78, 5) is 18.6. The number of carbonyl (C=O) groups excluding carboxylic acids is 1. The molecule has 64 valence electrons. The van der Waals surface area contributed by atoms with Crippen LogP contribution in [0, 0.1) is 0 Å². The molecule has 2 N–H and O–H groups in total. The maximum Gasteiger partial charge on any atom is 0.271 e. The number of nitrogens with one attached hydrogen (secondary N) is 1. The second kappa shape index (κ2) is 3.77. The third-order valence-electron chi connectivity index (χ3n) is 1.37. The molecule has 0 fully saturated rings. The number of aromatic nitrogens is 2. The van der Waals surface area contributed by atoms with E-state index in [0.717, 1.165) is 0 Å². The molecule has 0 saturated carbocycles. The Bertz CT molecular complexity index is 288. The van der Waals surface area contributed by atoms with Gasteiger partial charge in [-0.15, -0.1) is 0 Å². The summed E-state index contributed by atoms with van der Waals surface area (Å²) >= 11 is 0. The minimum absolute atomic E-state index is 0.169. The van der Waals surface area contributed by atoms with Crippen LogP contribution in [0.5, 0.6) is 0 Å². The van der Waals surface area contributed by atoms with Crippen molar-refractivity contribution in [1.82, 2.24) is 15.3 Å². The lowest BCUT2D eigenvalue weighted by atomic mass is 10.3. The van der Waals surface area contributed by atoms with Crippen LogP contribution in [0.3, 0.4) is 0 Å². The maximum atomic E-state index is 11.1. The van der Waals surface area contributed by atoms with Crippen molar-refractivity contribution < 1.29 is 9.90 Å². The zero-order chi connectivity index (χ0) is 8.97. The number of aliphatic hydroxyl groups excluding tert-OH is 1. The number of rotatable bonds is 2. The summed E-state index contributed by atoms with van der Waals surface area (Å²) in [6.45, 7) is -0.281. The van der Waals surface area contributed by atoms with Gasteiger partial charge in [-0.05, 0) is 0 Å². The molecule has 12 heavy (non-hydrogen) atoms. The molecule has 0 saturated heterocycles. The van der Waals surface area contributed by atoms with Crippen molar-refractivity contribution in [1.29, 1.82) is 0 Å². The lowest BCUT2D eigenvalue weighted by Crippen LogP contribution is -2.21. The van der Waals surface area contributed by atoms with Crippen LogP contribution < -0.4 is 5.32 Å². The highest BCUT2D eigenvalue weighted by Crippen LogP contribution is 2.00. The van der Waals surface area contributed by atoms with Crippen LogP contribution in [0.2, 0.25) is 0 Å². The maximum absolute atomic E-state index is 11.1. The first-order chi connectivity index (χ1) is 5.79. The van der Waals surface area contributed by atoms with E-state index in [1.807, 2.05) is 0 Å². The van der Waals surface area contributed by atoms with E-state index in [9.17, 15) is 4.79 Å². The zero-order valence-electron chi connectivity index (χ0n) is 6.61. The van der Waals surface area contributed by atoms with Gasteiger partial charge >= 0.3 is 0 Å². The van der Waals surface area contributed by atoms with Crippen molar-refractivity contribution >= 4 is 5.91 Å². The summed E-state index contributed by atoms with van der Waals surface area (Å²) in [5, 5.41) is 11.2. The standard InChI is InChI=1S/C7H9N3O2/c1-8-7(12)6-5(4-11)9-2-3-10-6/h2-3,11H,4H2,1H3,(H,8,12). The molecule has 0 aliphatic carbocycles. The van der Waals surface area contributed by atoms with Crippen LogP contribution in [0.1, 0.15) is 16.2 Å². The van der Waals surface area contributed by atoms with Crippen molar-refractivity contribution in [3.05, 3.63) is 23.8 Å². The van der Waals surface area contributed by atoms with E-state index < -0.39 is 0 Å². The molecule has 0 aliphatic rings. The Kier molecular flexibility index (Phi) is 2.71. The van der Waals surface area contributed by atoms with Gasteiger partial charge in [-0.2, -0.15) is 0 Å². The minimum atomic E-state index is -0.341. The van der Waals surface area contributed by atoms with Crippen molar-refractivity contribution in [2.75, 3.05) is 7.05 Å². The molecule has 1 amide bonds. The molecule has 0 radical (unpaired) electrons. The fourth-order valence-corrected chi connectivity index (χ4v) is 0.791. The van der Waals surface area contributed by atoms with Crippen molar-refractivity contribution in [2.45, 2.75) is 6.61 Å². The lowest BCUT2D eigenvalue weighted by molar-refractivity contribution is 0.0954. The number of hydrogen-bond donors (Lipinski definition) is 2. The predicted molar refractivity (Wildman–Crippen MR) is 41.3 cm³/mol. The first-order valence-electron chi connectivity index (χ1n) is 3.42. The molecule has 5 nitrogen and oxygen atoms in total. The van der Waals surface area contributed by atoms with Gasteiger partial charge in [0.2, 0.25) is 0 Å². The van der Waals surface area contributed by atoms with Crippen molar-refractivity contribution in [3.63, 3.8) is 0 Å². The fraction of sp³-hybridized carbons (Fsp3) is 0.286. The number of carbonyl (C=O) groups is 1. The fourth-order valence-electron chi connectivity index (χ4n) is 0.791. The van der Waals surface area contributed by atoms with Crippen molar-refractivity contribution in [3.8, 4) is 0 Å². The van der Waals surface area contributed by atoms with E-state index >= 15 is 0 Å². The molecule has 0 aromatic carbocycles. The van der Waals surface area contributed by atoms with Gasteiger partial charge in [0.15, 0.2) is 5.69 Å². The summed E-state index contributed by atoms with van der Waals surface area (Å²) in [5.41, 5.74) is 0.458. The SMILES string of the molecule is CNC(=O)c1nccnc1CO. The predicted octanol–water partition coefficient (Wildman–Crippen LogP) is -0.672. The average Bonchev–Trinajstić information content (AvgIpc) is 2.16. The summed E-state index contributed by atoms with van der Waals surface area (Å²) in [6, 6.07) is 0. The number of nitrogens with zero attached hydrogens (tertiary/aromatic N) is 2. The quantitative estimate of drug-likeness (QED) is 0.612. The van der Waals surface area contributed by atoms with Gasteiger partial charge in [-0.3, -0.25) is 9.78 Å². The Morgan fingerprint density at radius 2 is 2.25 bits per heavy atom. The zero-order valence-corrected chi connectivity index (χ0v) is 6.61.